The van der Waals surface area contributed by atoms with E-state index < -0.39 is 5.67 Å². The van der Waals surface area contributed by atoms with Crippen LogP contribution in [0.2, 0.25) is 0 Å². The van der Waals surface area contributed by atoms with E-state index in [0.29, 0.717) is 12.8 Å². The van der Waals surface area contributed by atoms with Gasteiger partial charge in [0.1, 0.15) is 5.67 Å². The fourth-order valence-electron chi connectivity index (χ4n) is 2.25. The second kappa shape index (κ2) is 6.03. The van der Waals surface area contributed by atoms with Crippen LogP contribution < -0.4 is 0 Å². The fourth-order valence-corrected chi connectivity index (χ4v) is 2.25. The van der Waals surface area contributed by atoms with Crippen LogP contribution in [0.4, 0.5) is 4.39 Å². The van der Waals surface area contributed by atoms with E-state index in [2.05, 4.69) is 19.1 Å². The zero-order valence-corrected chi connectivity index (χ0v) is 10.7. The van der Waals surface area contributed by atoms with E-state index in [-0.39, 0.29) is 0 Å². The molecule has 0 fully saturated rings. The Balaban J connectivity index is 2.91. The Kier molecular flexibility index (Phi) is 4.98. The largest absolute Gasteiger partial charge is 0.239 e. The molecule has 1 heteroatoms. The lowest BCUT2D eigenvalue weighted by atomic mass is 9.86. The van der Waals surface area contributed by atoms with Gasteiger partial charge in [0.2, 0.25) is 0 Å². The van der Waals surface area contributed by atoms with Crippen LogP contribution in [0, 0.1) is 0 Å². The third-order valence-corrected chi connectivity index (χ3v) is 3.17. The van der Waals surface area contributed by atoms with Crippen molar-refractivity contribution in [2.45, 2.75) is 58.5 Å². The van der Waals surface area contributed by atoms with Crippen molar-refractivity contribution in [1.29, 1.82) is 0 Å². The van der Waals surface area contributed by atoms with Crippen molar-refractivity contribution in [3.05, 3.63) is 35.4 Å². The number of aryl methyl sites for hydroxylation is 1. The first-order valence-electron chi connectivity index (χ1n) is 6.44. The number of hydrogen-bond acceptors (Lipinski definition) is 0. The number of halogens is 1. The average molecular weight is 222 g/mol. The molecule has 0 bridgehead atoms. The minimum Gasteiger partial charge on any atom is -0.239 e. The van der Waals surface area contributed by atoms with E-state index >= 15 is 0 Å². The molecule has 1 aromatic rings. The maximum atomic E-state index is 14.8. The summed E-state index contributed by atoms with van der Waals surface area (Å²) in [6, 6.07) is 8.03. The minimum absolute atomic E-state index is 0.631. The summed E-state index contributed by atoms with van der Waals surface area (Å²) < 4.78 is 14.8. The van der Waals surface area contributed by atoms with Gasteiger partial charge in [-0.2, -0.15) is 0 Å². The maximum Gasteiger partial charge on any atom is 0.136 e. The first-order valence-corrected chi connectivity index (χ1v) is 6.44. The van der Waals surface area contributed by atoms with Crippen molar-refractivity contribution in [3.8, 4) is 0 Å². The lowest BCUT2D eigenvalue weighted by Crippen LogP contribution is -2.19. The highest BCUT2D eigenvalue weighted by atomic mass is 19.1. The van der Waals surface area contributed by atoms with Crippen LogP contribution in [0.25, 0.3) is 0 Å². The summed E-state index contributed by atoms with van der Waals surface area (Å²) in [5, 5.41) is 0. The predicted octanol–water partition coefficient (Wildman–Crippen LogP) is 5.01. The number of rotatable bonds is 6. The minimum atomic E-state index is -1.12. The highest BCUT2D eigenvalue weighted by Gasteiger charge is 2.29. The zero-order chi connectivity index (χ0) is 12.0. The van der Waals surface area contributed by atoms with Crippen LogP contribution in [0.3, 0.4) is 0 Å². The quantitative estimate of drug-likeness (QED) is 0.634. The van der Waals surface area contributed by atoms with Crippen LogP contribution in [-0.2, 0) is 12.1 Å². The van der Waals surface area contributed by atoms with Gasteiger partial charge in [0.15, 0.2) is 0 Å². The smallest absolute Gasteiger partial charge is 0.136 e. The van der Waals surface area contributed by atoms with Crippen LogP contribution in [0.5, 0.6) is 0 Å². The molecular weight excluding hydrogens is 199 g/mol. The molecule has 1 rings (SSSR count). The van der Waals surface area contributed by atoms with Gasteiger partial charge in [-0.3, -0.25) is 0 Å². The lowest BCUT2D eigenvalue weighted by molar-refractivity contribution is 0.134. The molecule has 0 aliphatic heterocycles. The zero-order valence-electron chi connectivity index (χ0n) is 10.7. The van der Waals surface area contributed by atoms with Gasteiger partial charge in [-0.15, -0.1) is 0 Å². The molecule has 0 amide bonds. The Morgan fingerprint density at radius 2 is 1.44 bits per heavy atom. The molecule has 0 saturated carbocycles. The Labute approximate surface area is 98.9 Å². The van der Waals surface area contributed by atoms with Crippen LogP contribution in [0.15, 0.2) is 24.3 Å². The first kappa shape index (κ1) is 13.2. The predicted molar refractivity (Wildman–Crippen MR) is 68.4 cm³/mol. The van der Waals surface area contributed by atoms with Gasteiger partial charge in [0, 0.05) is 0 Å². The third kappa shape index (κ3) is 3.07. The van der Waals surface area contributed by atoms with E-state index in [0.717, 1.165) is 24.8 Å². The number of benzene rings is 1. The molecule has 0 unspecified atom stereocenters. The van der Waals surface area contributed by atoms with Crippen LogP contribution in [0.1, 0.15) is 57.6 Å². The van der Waals surface area contributed by atoms with E-state index in [9.17, 15) is 4.39 Å². The highest BCUT2D eigenvalue weighted by Crippen LogP contribution is 2.35. The number of alkyl halides is 1. The van der Waals surface area contributed by atoms with Crippen molar-refractivity contribution < 1.29 is 4.39 Å². The molecule has 0 spiro atoms. The molecule has 90 valence electrons. The normalized spacial score (nSPS) is 11.8. The molecule has 0 aliphatic carbocycles. The molecule has 1 aromatic carbocycles. The van der Waals surface area contributed by atoms with E-state index in [1.165, 1.54) is 5.56 Å². The van der Waals surface area contributed by atoms with Gasteiger partial charge in [-0.05, 0) is 30.4 Å². The van der Waals surface area contributed by atoms with Gasteiger partial charge in [0.05, 0.1) is 0 Å². The Morgan fingerprint density at radius 1 is 0.938 bits per heavy atom. The molecule has 0 saturated heterocycles. The summed E-state index contributed by atoms with van der Waals surface area (Å²) in [6.07, 6.45) is 4.07. The van der Waals surface area contributed by atoms with Gasteiger partial charge >= 0.3 is 0 Å². The standard InChI is InChI=1S/C15H23F/c1-4-11-15(16,12-5-2)14-9-7-13(6-3)8-10-14/h7-10H,4-6,11-12H2,1-3H3. The second-order valence-electron chi connectivity index (χ2n) is 4.52. The van der Waals surface area contributed by atoms with Crippen molar-refractivity contribution in [2.24, 2.45) is 0 Å². The molecule has 0 N–H and O–H groups in total. The SMILES string of the molecule is CCCC(F)(CCC)c1ccc(CC)cc1. The summed E-state index contributed by atoms with van der Waals surface area (Å²) in [5.41, 5.74) is 1.02. The van der Waals surface area contributed by atoms with E-state index in [4.69, 9.17) is 0 Å². The Hall–Kier alpha value is -0.850. The number of hydrogen-bond donors (Lipinski definition) is 0. The van der Waals surface area contributed by atoms with Crippen molar-refractivity contribution in [2.75, 3.05) is 0 Å². The van der Waals surface area contributed by atoms with Crippen molar-refractivity contribution >= 4 is 0 Å². The van der Waals surface area contributed by atoms with Gasteiger partial charge < -0.3 is 0 Å². The Bertz CT molecular complexity index is 294. The van der Waals surface area contributed by atoms with E-state index in [1.807, 2.05) is 26.0 Å². The second-order valence-corrected chi connectivity index (χ2v) is 4.52. The third-order valence-electron chi connectivity index (χ3n) is 3.17. The van der Waals surface area contributed by atoms with Gasteiger partial charge in [-0.1, -0.05) is 57.9 Å². The summed E-state index contributed by atoms with van der Waals surface area (Å²) >= 11 is 0. The maximum absolute atomic E-state index is 14.8. The summed E-state index contributed by atoms with van der Waals surface area (Å²) in [5.74, 6) is 0. The molecule has 0 aromatic heterocycles. The molecule has 0 heterocycles. The average Bonchev–Trinajstić information content (AvgIpc) is 2.30. The fraction of sp³-hybridized carbons (Fsp3) is 0.600. The molecule has 0 aliphatic rings. The molecule has 0 radical (unpaired) electrons. The van der Waals surface area contributed by atoms with Crippen LogP contribution >= 0.6 is 0 Å². The van der Waals surface area contributed by atoms with Gasteiger partial charge in [0.25, 0.3) is 0 Å². The summed E-state index contributed by atoms with van der Waals surface area (Å²) in [6.45, 7) is 6.21. The molecule has 0 atom stereocenters. The monoisotopic (exact) mass is 222 g/mol. The molecule has 0 nitrogen and oxygen atoms in total. The van der Waals surface area contributed by atoms with Crippen molar-refractivity contribution in [3.63, 3.8) is 0 Å². The molecule has 16 heavy (non-hydrogen) atoms. The molecular formula is C15H23F. The highest BCUT2D eigenvalue weighted by molar-refractivity contribution is 5.27. The van der Waals surface area contributed by atoms with E-state index in [1.54, 1.807) is 0 Å². The topological polar surface area (TPSA) is 0 Å². The van der Waals surface area contributed by atoms with Gasteiger partial charge in [-0.25, -0.2) is 4.39 Å². The van der Waals surface area contributed by atoms with Crippen molar-refractivity contribution in [1.82, 2.24) is 0 Å². The summed E-state index contributed by atoms with van der Waals surface area (Å²) in [4.78, 5) is 0. The van der Waals surface area contributed by atoms with Crippen LogP contribution in [-0.4, -0.2) is 0 Å². The first-order chi connectivity index (χ1) is 7.66. The lowest BCUT2D eigenvalue weighted by Gasteiger charge is -2.25. The summed E-state index contributed by atoms with van der Waals surface area (Å²) in [7, 11) is 0. The Morgan fingerprint density at radius 3 is 1.81 bits per heavy atom.